The van der Waals surface area contributed by atoms with Gasteiger partial charge in [0.2, 0.25) is 0 Å². The third kappa shape index (κ3) is 6.62. The van der Waals surface area contributed by atoms with Gasteiger partial charge < -0.3 is 25.1 Å². The molecule has 1 aliphatic heterocycles. The molecule has 1 saturated carbocycles. The van der Waals surface area contributed by atoms with E-state index in [1.54, 1.807) is 0 Å². The molecule has 0 bridgehead atoms. The summed E-state index contributed by atoms with van der Waals surface area (Å²) in [5.74, 6) is -8.17. The van der Waals surface area contributed by atoms with Crippen molar-refractivity contribution in [1.29, 1.82) is 0 Å². The van der Waals surface area contributed by atoms with Gasteiger partial charge in [0.15, 0.2) is 0 Å². The molecule has 3 aliphatic rings. The van der Waals surface area contributed by atoms with E-state index < -0.39 is 48.0 Å². The minimum atomic E-state index is -4.33. The highest BCUT2D eigenvalue weighted by molar-refractivity contribution is 5.80. The van der Waals surface area contributed by atoms with Gasteiger partial charge in [0.1, 0.15) is 23.0 Å². The molecular weight excluding hydrogens is 534 g/mol. The van der Waals surface area contributed by atoms with Crippen LogP contribution in [0.1, 0.15) is 82.6 Å². The number of halogens is 4. The van der Waals surface area contributed by atoms with Crippen molar-refractivity contribution in [3.8, 4) is 17.2 Å². The smallest absolute Gasteiger partial charge is 0.400 e. The van der Waals surface area contributed by atoms with Gasteiger partial charge in [-0.25, -0.2) is 4.79 Å². The Hall–Kier alpha value is -3.08. The van der Waals surface area contributed by atoms with Crippen LogP contribution in [0.5, 0.6) is 17.2 Å². The number of phenolic OH excluding ortho intramolecular Hbond substituents is 1. The summed E-state index contributed by atoms with van der Waals surface area (Å²) < 4.78 is 72.4. The van der Waals surface area contributed by atoms with E-state index in [0.717, 1.165) is 43.7 Å². The third-order valence-electron chi connectivity index (χ3n) is 8.20. The highest BCUT2D eigenvalue weighted by Crippen LogP contribution is 2.52. The van der Waals surface area contributed by atoms with Crippen molar-refractivity contribution < 1.29 is 46.5 Å². The lowest BCUT2D eigenvalue weighted by atomic mass is 9.72. The van der Waals surface area contributed by atoms with Crippen LogP contribution >= 0.6 is 0 Å². The summed E-state index contributed by atoms with van der Waals surface area (Å²) in [6.07, 6.45) is -0.384. The molecule has 0 amide bonds. The minimum absolute atomic E-state index is 0.0703. The number of esters is 2. The number of benzene rings is 1. The maximum absolute atomic E-state index is 14.5. The molecule has 7 nitrogen and oxygen atoms in total. The Morgan fingerprint density at radius 2 is 1.88 bits per heavy atom. The average molecular weight is 570 g/mol. The fourth-order valence-corrected chi connectivity index (χ4v) is 5.90. The van der Waals surface area contributed by atoms with Gasteiger partial charge in [0, 0.05) is 36.0 Å². The van der Waals surface area contributed by atoms with Gasteiger partial charge in [-0.1, -0.05) is 37.5 Å². The van der Waals surface area contributed by atoms with Crippen LogP contribution in [0.15, 0.2) is 36.1 Å². The second-order valence-corrected chi connectivity index (χ2v) is 11.3. The first-order valence-corrected chi connectivity index (χ1v) is 13.5. The molecule has 1 heterocycles. The van der Waals surface area contributed by atoms with E-state index in [1.807, 2.05) is 13.0 Å². The van der Waals surface area contributed by atoms with Gasteiger partial charge in [0.05, 0.1) is 12.8 Å². The van der Waals surface area contributed by atoms with E-state index in [0.29, 0.717) is 24.2 Å². The van der Waals surface area contributed by atoms with Crippen LogP contribution < -0.4 is 15.2 Å². The molecule has 4 rings (SSSR count). The van der Waals surface area contributed by atoms with Gasteiger partial charge in [0.25, 0.3) is 0 Å². The molecule has 40 heavy (non-hydrogen) atoms. The lowest BCUT2D eigenvalue weighted by molar-refractivity contribution is -0.242. The maximum Gasteiger partial charge on any atom is 0.400 e. The van der Waals surface area contributed by atoms with Crippen molar-refractivity contribution >= 4 is 11.9 Å². The Balaban J connectivity index is 1.38. The molecule has 0 saturated heterocycles. The molecule has 0 unspecified atom stereocenters. The molecule has 2 atom stereocenters. The van der Waals surface area contributed by atoms with Crippen molar-refractivity contribution in [3.05, 3.63) is 41.7 Å². The highest BCUT2D eigenvalue weighted by Gasteiger charge is 2.47. The zero-order chi connectivity index (χ0) is 29.3. The lowest BCUT2D eigenvalue weighted by Gasteiger charge is -2.36. The Labute approximate surface area is 230 Å². The Morgan fingerprint density at radius 3 is 2.55 bits per heavy atom. The van der Waals surface area contributed by atoms with E-state index in [1.165, 1.54) is 6.07 Å². The van der Waals surface area contributed by atoms with Crippen LogP contribution in [0, 0.1) is 11.3 Å². The number of nitrogens with two attached hydrogens (primary N) is 1. The lowest BCUT2D eigenvalue weighted by Crippen LogP contribution is -2.38. The third-order valence-corrected chi connectivity index (χ3v) is 8.20. The van der Waals surface area contributed by atoms with Crippen molar-refractivity contribution in [3.63, 3.8) is 0 Å². The molecule has 0 aromatic heterocycles. The number of ether oxygens (including phenoxy) is 3. The minimum Gasteiger partial charge on any atom is -0.507 e. The molecule has 220 valence electrons. The number of carbonyl (C=O) groups excluding carboxylic acids is 2. The fraction of sp³-hybridized carbons (Fsp3) is 0.586. The summed E-state index contributed by atoms with van der Waals surface area (Å²) in [4.78, 5) is 24.4. The molecule has 1 aromatic carbocycles. The molecule has 11 heteroatoms. The predicted molar refractivity (Wildman–Crippen MR) is 137 cm³/mol. The standard InChI is InChI=1S/C29H35F4NO6/c1-17-6-7-20-18(2)38-23-14-19(13-22(35)25(23)21(20)12-17)39-26(37)28(30,31)10-11-29(32,33)40-24(36)15-27(16-34)8-4-3-5-9-27/h12-14,20-21,35H,2-11,15-16,34H2,1H3/t20-,21+/m0/s1. The maximum atomic E-state index is 14.5. The Kier molecular flexibility index (Phi) is 8.54. The van der Waals surface area contributed by atoms with Crippen LogP contribution in [-0.2, 0) is 14.3 Å². The summed E-state index contributed by atoms with van der Waals surface area (Å²) in [7, 11) is 0. The first kappa shape index (κ1) is 29.9. The second-order valence-electron chi connectivity index (χ2n) is 11.3. The first-order valence-electron chi connectivity index (χ1n) is 13.5. The number of hydrogen-bond acceptors (Lipinski definition) is 7. The zero-order valence-corrected chi connectivity index (χ0v) is 22.4. The van der Waals surface area contributed by atoms with Crippen molar-refractivity contribution in [1.82, 2.24) is 0 Å². The molecule has 3 N–H and O–H groups in total. The van der Waals surface area contributed by atoms with E-state index in [2.05, 4.69) is 11.3 Å². The van der Waals surface area contributed by atoms with Crippen LogP contribution in [0.3, 0.4) is 0 Å². The molecule has 0 spiro atoms. The second kappa shape index (κ2) is 11.4. The Bertz CT molecular complexity index is 1190. The predicted octanol–water partition coefficient (Wildman–Crippen LogP) is 6.49. The summed E-state index contributed by atoms with van der Waals surface area (Å²) in [6.45, 7) is 6.01. The normalized spacial score (nSPS) is 22.4. The first-order chi connectivity index (χ1) is 18.7. The van der Waals surface area contributed by atoms with Crippen LogP contribution in [0.25, 0.3) is 0 Å². The van der Waals surface area contributed by atoms with Crippen molar-refractivity contribution in [2.24, 2.45) is 17.1 Å². The van der Waals surface area contributed by atoms with Gasteiger partial charge in [-0.05, 0) is 44.6 Å². The Morgan fingerprint density at radius 1 is 1.18 bits per heavy atom. The molecule has 2 aliphatic carbocycles. The summed E-state index contributed by atoms with van der Waals surface area (Å²) in [5, 5.41) is 10.6. The summed E-state index contributed by atoms with van der Waals surface area (Å²) in [5.41, 5.74) is 6.68. The fourth-order valence-electron chi connectivity index (χ4n) is 5.90. The topological polar surface area (TPSA) is 108 Å². The average Bonchev–Trinajstić information content (AvgIpc) is 2.87. The molecule has 1 aromatic rings. The van der Waals surface area contributed by atoms with E-state index in [4.69, 9.17) is 15.2 Å². The van der Waals surface area contributed by atoms with Crippen LogP contribution in [-0.4, -0.2) is 35.6 Å². The molecule has 0 radical (unpaired) electrons. The van der Waals surface area contributed by atoms with Gasteiger partial charge >= 0.3 is 24.0 Å². The van der Waals surface area contributed by atoms with E-state index in [-0.39, 0.29) is 36.3 Å². The van der Waals surface area contributed by atoms with Crippen molar-refractivity contribution in [2.45, 2.75) is 89.1 Å². The number of phenols is 1. The summed E-state index contributed by atoms with van der Waals surface area (Å²) in [6, 6.07) is 2.19. The van der Waals surface area contributed by atoms with E-state index in [9.17, 15) is 32.3 Å². The number of aromatic hydroxyl groups is 1. The van der Waals surface area contributed by atoms with Gasteiger partial charge in [-0.2, -0.15) is 17.6 Å². The summed E-state index contributed by atoms with van der Waals surface area (Å²) >= 11 is 0. The van der Waals surface area contributed by atoms with Crippen molar-refractivity contribution in [2.75, 3.05) is 6.54 Å². The quantitative estimate of drug-likeness (QED) is 0.151. The zero-order valence-electron chi connectivity index (χ0n) is 22.4. The number of rotatable bonds is 9. The number of fused-ring (bicyclic) bond motifs is 3. The molecule has 1 fully saturated rings. The van der Waals surface area contributed by atoms with E-state index >= 15 is 0 Å². The van der Waals surface area contributed by atoms with Gasteiger partial charge in [-0.15, -0.1) is 0 Å². The SMILES string of the molecule is C=C1Oc2cc(OC(=O)C(F)(F)CCC(F)(F)OC(=O)CC3(CN)CCCCC3)cc(O)c2[C@@H]2C=C(C)CC[C@@H]12. The van der Waals surface area contributed by atoms with Crippen LogP contribution in [0.4, 0.5) is 17.6 Å². The number of carbonyl (C=O) groups is 2. The number of alkyl halides is 4. The number of allylic oxidation sites excluding steroid dienone is 3. The number of hydrogen-bond donors (Lipinski definition) is 2. The highest BCUT2D eigenvalue weighted by atomic mass is 19.3. The largest absolute Gasteiger partial charge is 0.507 e. The molecular formula is C29H35F4NO6. The van der Waals surface area contributed by atoms with Crippen LogP contribution in [0.2, 0.25) is 0 Å². The monoisotopic (exact) mass is 569 g/mol. The van der Waals surface area contributed by atoms with Gasteiger partial charge in [-0.3, -0.25) is 4.79 Å².